The molecule has 1 aliphatic rings. The summed E-state index contributed by atoms with van der Waals surface area (Å²) in [6, 6.07) is 27.2. The van der Waals surface area contributed by atoms with Crippen LogP contribution in [0.2, 0.25) is 10.0 Å². The van der Waals surface area contributed by atoms with Gasteiger partial charge in [-0.2, -0.15) is 13.5 Å². The van der Waals surface area contributed by atoms with E-state index >= 15 is 0 Å². The Hall–Kier alpha value is -5.64. The summed E-state index contributed by atoms with van der Waals surface area (Å²) in [6.45, 7) is 12.2. The predicted octanol–water partition coefficient (Wildman–Crippen LogP) is 12.4. The first kappa shape index (κ1) is 147. The number of phosphoric acid groups is 5. The summed E-state index contributed by atoms with van der Waals surface area (Å²) in [5, 5.41) is 73.7. The number of thioether (sulfide) groups is 1. The third-order valence-electron chi connectivity index (χ3n) is 16.0. The Morgan fingerprint density at radius 1 is 0.723 bits per heavy atom. The van der Waals surface area contributed by atoms with E-state index in [1.807, 2.05) is 19.1 Å². The first-order valence-electron chi connectivity index (χ1n) is 36.8. The molecule has 0 saturated carbocycles. The van der Waals surface area contributed by atoms with Crippen LogP contribution in [0.3, 0.4) is 0 Å². The zero-order chi connectivity index (χ0) is 97.0. The normalized spacial score (nSPS) is 15.1. The average molecular weight is 2340 g/mol. The topological polar surface area (TPSA) is 704 Å². The van der Waals surface area contributed by atoms with Gasteiger partial charge in [-0.05, 0) is 108 Å². The van der Waals surface area contributed by atoms with Crippen molar-refractivity contribution < 1.29 is 269 Å². The molecule has 8 aromatic rings. The number of hydrogen-bond acceptors (Lipinski definition) is 37. The van der Waals surface area contributed by atoms with E-state index in [1.54, 1.807) is 93.6 Å². The number of halogens is 2. The minimum atomic E-state index is -5.69. The molecule has 1 saturated heterocycles. The van der Waals surface area contributed by atoms with Crippen LogP contribution >= 0.6 is 74.1 Å². The molecule has 1 fully saturated rings. The molecule has 763 valence electrons. The molecule has 4 aromatic heterocycles. The molecule has 0 bridgehead atoms. The van der Waals surface area contributed by atoms with Gasteiger partial charge in [0.25, 0.3) is 0 Å². The number of fused-ring (bicyclic) bond motifs is 1. The van der Waals surface area contributed by atoms with Crippen LogP contribution in [-0.2, 0) is 182 Å². The Labute approximate surface area is 865 Å². The number of carbonyl (C=O) groups is 5. The number of aromatic hydroxyl groups is 2. The quantitative estimate of drug-likeness (QED) is 0.00330. The Kier molecular flexibility index (Phi) is 79.5. The number of phenolic OH excluding ortho intramolecular Hbond substituents is 1. The van der Waals surface area contributed by atoms with Crippen LogP contribution in [0.4, 0.5) is 11.5 Å². The number of nitrogen functional groups attached to an aromatic ring is 1. The number of aldehydes is 1. The van der Waals surface area contributed by atoms with Crippen LogP contribution in [0.25, 0.3) is 11.2 Å². The number of aliphatic hydroxyl groups is 5. The van der Waals surface area contributed by atoms with E-state index in [-0.39, 0.29) is 201 Å². The van der Waals surface area contributed by atoms with Crippen LogP contribution in [0.1, 0.15) is 132 Å². The van der Waals surface area contributed by atoms with Crippen LogP contribution in [0.5, 0.6) is 23.0 Å². The number of allylic oxidation sites excluding steroid dienone is 1. The molecule has 46 nitrogen and oxygen atoms in total. The molecule has 10 unspecified atom stereocenters. The van der Waals surface area contributed by atoms with Crippen molar-refractivity contribution >= 4 is 126 Å². The summed E-state index contributed by atoms with van der Waals surface area (Å²) in [4.78, 5) is 152. The monoisotopic (exact) mass is 2330 g/mol. The zero-order valence-corrected chi connectivity index (χ0v) is 95.2. The molecule has 1 amide bonds. The summed E-state index contributed by atoms with van der Waals surface area (Å²) < 4.78 is 107. The number of aliphatic carboxylic acids is 1. The van der Waals surface area contributed by atoms with Crippen LogP contribution in [0, 0.1) is 64.8 Å². The predicted molar refractivity (Wildman–Crippen MR) is 484 cm³/mol. The van der Waals surface area contributed by atoms with E-state index in [0.717, 1.165) is 54.6 Å². The number of imidazole rings is 1. The molecule has 17 N–H and O–H groups in total. The first-order valence-corrected chi connectivity index (χ1v) is 46.5. The van der Waals surface area contributed by atoms with Crippen LogP contribution < -0.4 is 15.4 Å². The number of phenols is 1. The standard InChI is InChI=1S/C19H23N4O6PS.C13H10Cl2O2.C11H17N4O13P3.C11H24O3.C8H10NO6P.C8H8O3.C3H6O3.5CH3.Cu.O.V.3Zn/c1-13(23(12-24)16-11-21-14(2)22-18(16)20)17(9-10-29-30(26,27)28-3)31-19(25)15-7-5-4-6-8-15;1-8-2-5-12(10(15)6-8)17-13-7-9(14)3-4-11(13)16;1-5-7-10(13-3-12-5)15(4-14-7)11-9(17)8(16)6(26-11)2-25-30(21,22)28-31(23,24)27-29(18,19)20;1-3-5-6-7-11(4-2)14-9-10(13)8-12;1-5-8(11)7(3-10)6(2-9-5)4-15-16(12,13)14;1-10-11-8(9)7-5-3-2-4-6-7;1-2(4)3(5)6;;;;;;;;;;;/h4-8,11-12H,9-10H2,1-3H3,(H,26,27)(H2,20,21,22);2-7,16H,1H3;3-4,6,8-9,11,16-17H,2H2,1H3,(H,21,22)(H,23,24)(H2,18,19,20);10-13H,3-9H2,1-2H3;2-3,11H,4H2,1H3,(H2,12,13,14);2-6H,1H3;2,4H,1H3,(H,5,6);5*1H3;;;;;;/q;;;;;;;5*-1;+1;;;;;/b17-13+;;;;;;;;;;;;;;;;;. The number of carbonyl (C=O) groups excluding carboxylic acids is 4. The fourth-order valence-electron chi connectivity index (χ4n) is 9.65. The van der Waals surface area contributed by atoms with E-state index in [1.165, 1.54) is 86.9 Å². The van der Waals surface area contributed by atoms with Gasteiger partial charge in [-0.25, -0.2) is 57.3 Å². The van der Waals surface area contributed by atoms with Gasteiger partial charge < -0.3 is 132 Å². The summed E-state index contributed by atoms with van der Waals surface area (Å²) >= 11 is 13.8. The number of amides is 1. The maximum absolute atomic E-state index is 12.7. The van der Waals surface area contributed by atoms with Crippen LogP contribution in [0.15, 0.2) is 133 Å². The fraction of sp³-hybridized carbons (Fsp3) is 0.359. The number of hydrogen-bond donors (Lipinski definition) is 16. The smallest absolute Gasteiger partial charge is 0 e. The van der Waals surface area contributed by atoms with Gasteiger partial charge in [0.05, 0.1) is 86.3 Å². The molecule has 10 atom stereocenters. The van der Waals surface area contributed by atoms with E-state index < -0.39 is 101 Å². The minimum absolute atomic E-state index is 0. The summed E-state index contributed by atoms with van der Waals surface area (Å²) in [5.74, 6) is -0.670. The molecular formula is C78H113Cl2CuN9O37P5SVZn3-4. The number of anilines is 2. The number of carboxylic acids is 1. The second-order valence-electron chi connectivity index (χ2n) is 25.7. The first-order chi connectivity index (χ1) is 60.0. The second-order valence-corrected chi connectivity index (χ2v) is 34.8. The molecule has 0 spiro atoms. The van der Waals surface area contributed by atoms with Gasteiger partial charge in [0, 0.05) is 111 Å². The number of aliphatic hydroxyl groups excluding tert-OH is 5. The molecule has 9 rings (SSSR count). The van der Waals surface area contributed by atoms with Gasteiger partial charge in [-0.15, -0.1) is 0 Å². The third-order valence-corrected chi connectivity index (χ3v) is 22.9. The molecule has 5 heterocycles. The molecule has 0 aliphatic carbocycles. The number of phosphoric ester groups is 3. The SMILES string of the molecule is CC(O)C(=O)O.CCCCCC(CC)OCC(O)CO.COOC(=O)c1ccccc1.COP(=O)(O)OCC/C(SC(=O)c1ccccc1)=C(/C)N(C=O)c1cnc(C)nc1N.Cc1ccc(Oc2cc(Cl)ccc2O)c(Cl)c1.Cc1ncc(COP(=O)(O)O)c(C=O)c1O.Cc1ncnc2c1ncn2C1OC(COP(=O)(O)OP(=O)(O)OP(=O)(O)O)C(O)C1O.[CH3-].[CH3-].[CH3-].[CH3-].[CH3-].[Cu+].[O]=[V].[Zn].[Zn].[Zn]. The Morgan fingerprint density at radius 2 is 1.31 bits per heavy atom. The van der Waals surface area contributed by atoms with Gasteiger partial charge in [-0.3, -0.25) is 51.8 Å². The van der Waals surface area contributed by atoms with Crippen molar-refractivity contribution in [3.8, 4) is 23.0 Å². The molecule has 4 aromatic carbocycles. The van der Waals surface area contributed by atoms with Gasteiger partial charge in [0.1, 0.15) is 65.4 Å². The maximum atomic E-state index is 12.7. The summed E-state index contributed by atoms with van der Waals surface area (Å²) in [7, 11) is -23.1. The number of pyridine rings is 1. The van der Waals surface area contributed by atoms with Crippen LogP contribution in [-0.4, -0.2) is 217 Å². The molecular weight excluding hydrogens is 2220 g/mol. The fourth-order valence-corrected chi connectivity index (χ4v) is 14.8. The largest absolute Gasteiger partial charge is 0 e. The van der Waals surface area contributed by atoms with Crippen molar-refractivity contribution in [2.75, 3.05) is 51.3 Å². The number of aryl methyl sites for hydroxylation is 4. The Morgan fingerprint density at radius 3 is 1.81 bits per heavy atom. The summed E-state index contributed by atoms with van der Waals surface area (Å²) in [5.41, 5.74) is 10.0. The van der Waals surface area contributed by atoms with E-state index in [4.69, 9.17) is 96.2 Å². The number of nitrogens with two attached hydrogens (primary N) is 1. The zero-order valence-electron chi connectivity index (χ0n) is 77.1. The number of benzene rings is 4. The van der Waals surface area contributed by atoms with E-state index in [2.05, 4.69) is 75.7 Å². The van der Waals surface area contributed by atoms with Crippen molar-refractivity contribution in [2.45, 2.75) is 143 Å². The van der Waals surface area contributed by atoms with E-state index in [0.29, 0.717) is 67.3 Å². The van der Waals surface area contributed by atoms with Gasteiger partial charge in [0.15, 0.2) is 35.5 Å². The maximum Gasteiger partial charge on any atom is 0 e. The van der Waals surface area contributed by atoms with Crippen molar-refractivity contribution in [2.24, 2.45) is 0 Å². The Balaban J connectivity index is -0.000000244. The molecule has 1 aliphatic heterocycles. The second kappa shape index (κ2) is 74.3. The number of ether oxygens (including phenoxy) is 3. The van der Waals surface area contributed by atoms with Crippen molar-refractivity contribution in [1.29, 1.82) is 0 Å². The number of aromatic nitrogens is 7. The molecule has 59 heteroatoms. The Bertz CT molecular complexity index is 5170. The van der Waals surface area contributed by atoms with Gasteiger partial charge in [-0.1, -0.05) is 111 Å². The van der Waals surface area contributed by atoms with Gasteiger partial charge >= 0.3 is 89.2 Å². The van der Waals surface area contributed by atoms with Crippen molar-refractivity contribution in [1.82, 2.24) is 34.5 Å². The molecule has 0 radical (unpaired) electrons. The number of nitrogens with zero attached hydrogens (tertiary/aromatic N) is 8. The number of rotatable bonds is 36. The number of carboxylic acid groups (broad SMARTS) is 1. The number of unbranched alkanes of at least 4 members (excludes halogenated alkanes) is 2. The van der Waals surface area contributed by atoms with Gasteiger partial charge in [0.2, 0.25) is 11.5 Å². The average Bonchev–Trinajstić information content (AvgIpc) is 1.62. The summed E-state index contributed by atoms with van der Waals surface area (Å²) in [6.07, 6.45) is 4.21. The minimum Gasteiger partial charge on any atom is 0 e. The van der Waals surface area contributed by atoms with Crippen molar-refractivity contribution in [3.05, 3.63) is 225 Å². The van der Waals surface area contributed by atoms with Crippen molar-refractivity contribution in [3.63, 3.8) is 0 Å². The molecule has 137 heavy (non-hydrogen) atoms. The van der Waals surface area contributed by atoms with E-state index in [9.17, 15) is 77.0 Å². The third kappa shape index (κ3) is 55.7.